The van der Waals surface area contributed by atoms with Crippen molar-refractivity contribution < 1.29 is 9.90 Å². The lowest BCUT2D eigenvalue weighted by Crippen LogP contribution is -2.40. The molecular weight excluding hydrogens is 308 g/mol. The van der Waals surface area contributed by atoms with Crippen molar-refractivity contribution in [2.24, 2.45) is 5.92 Å². The van der Waals surface area contributed by atoms with Crippen LogP contribution in [0.15, 0.2) is 29.2 Å². The van der Waals surface area contributed by atoms with E-state index in [9.17, 15) is 14.7 Å². The van der Waals surface area contributed by atoms with Crippen LogP contribution in [0.2, 0.25) is 0 Å². The Hall–Kier alpha value is -2.15. The summed E-state index contributed by atoms with van der Waals surface area (Å²) < 4.78 is 2.83. The number of nitrogens with zero attached hydrogens (tertiary/aromatic N) is 4. The zero-order chi connectivity index (χ0) is 17.1. The van der Waals surface area contributed by atoms with Crippen molar-refractivity contribution in [1.29, 1.82) is 0 Å². The number of hydrogen-bond acceptors (Lipinski definition) is 4. The molecule has 1 aliphatic rings. The fourth-order valence-electron chi connectivity index (χ4n) is 3.41. The van der Waals surface area contributed by atoms with Crippen molar-refractivity contribution in [3.8, 4) is 0 Å². The summed E-state index contributed by atoms with van der Waals surface area (Å²) in [6.07, 6.45) is 5.73. The van der Waals surface area contributed by atoms with Crippen LogP contribution in [0, 0.1) is 5.92 Å². The number of amides is 1. The van der Waals surface area contributed by atoms with E-state index in [1.54, 1.807) is 23.2 Å². The van der Waals surface area contributed by atoms with Gasteiger partial charge in [0.25, 0.3) is 0 Å². The summed E-state index contributed by atoms with van der Waals surface area (Å²) in [7, 11) is 1.83. The van der Waals surface area contributed by atoms with Crippen molar-refractivity contribution >= 4 is 11.6 Å². The van der Waals surface area contributed by atoms with Gasteiger partial charge >= 0.3 is 5.69 Å². The smallest absolute Gasteiger partial charge is 0.350 e. The molecule has 0 unspecified atom stereocenters. The number of aliphatic hydroxyl groups is 1. The highest BCUT2D eigenvalue weighted by molar-refractivity contribution is 5.76. The fraction of sp³-hybridized carbons (Fsp3) is 0.588. The van der Waals surface area contributed by atoms with Crippen LogP contribution in [0.3, 0.4) is 0 Å². The molecule has 7 nitrogen and oxygen atoms in total. The molecule has 1 aliphatic carbocycles. The van der Waals surface area contributed by atoms with Gasteiger partial charge in [-0.3, -0.25) is 9.20 Å². The van der Waals surface area contributed by atoms with E-state index in [1.165, 1.54) is 9.08 Å². The molecule has 2 heterocycles. The first-order valence-corrected chi connectivity index (χ1v) is 8.51. The minimum atomic E-state index is -0.218. The van der Waals surface area contributed by atoms with Crippen molar-refractivity contribution in [2.45, 2.75) is 44.7 Å². The van der Waals surface area contributed by atoms with Crippen molar-refractivity contribution in [3.05, 3.63) is 34.9 Å². The lowest BCUT2D eigenvalue weighted by atomic mass is 9.86. The van der Waals surface area contributed by atoms with E-state index in [1.807, 2.05) is 13.1 Å². The second kappa shape index (κ2) is 7.17. The maximum Gasteiger partial charge on any atom is 0.350 e. The molecule has 3 rings (SSSR count). The van der Waals surface area contributed by atoms with E-state index in [4.69, 9.17) is 0 Å². The van der Waals surface area contributed by atoms with Gasteiger partial charge in [-0.1, -0.05) is 6.07 Å². The molecule has 0 radical (unpaired) electrons. The van der Waals surface area contributed by atoms with Gasteiger partial charge in [0.15, 0.2) is 5.65 Å². The van der Waals surface area contributed by atoms with Crippen LogP contribution < -0.4 is 5.69 Å². The first-order chi connectivity index (χ1) is 11.6. The van der Waals surface area contributed by atoms with Gasteiger partial charge in [-0.15, -0.1) is 5.10 Å². The molecule has 0 saturated heterocycles. The molecule has 130 valence electrons. The molecule has 0 spiro atoms. The minimum absolute atomic E-state index is 0.0337. The molecule has 0 aliphatic heterocycles. The lowest BCUT2D eigenvalue weighted by molar-refractivity contribution is -0.133. The summed E-state index contributed by atoms with van der Waals surface area (Å²) in [4.78, 5) is 26.4. The monoisotopic (exact) mass is 332 g/mol. The Bertz CT molecular complexity index is 759. The Kier molecular flexibility index (Phi) is 4.99. The van der Waals surface area contributed by atoms with Gasteiger partial charge in [-0.05, 0) is 43.7 Å². The third-order valence-corrected chi connectivity index (χ3v) is 5.04. The van der Waals surface area contributed by atoms with Gasteiger partial charge in [0, 0.05) is 32.3 Å². The Labute approximate surface area is 140 Å². The largest absolute Gasteiger partial charge is 0.396 e. The minimum Gasteiger partial charge on any atom is -0.396 e. The number of aryl methyl sites for hydroxylation is 1. The molecule has 1 saturated carbocycles. The maximum atomic E-state index is 12.4. The predicted molar refractivity (Wildman–Crippen MR) is 89.7 cm³/mol. The average molecular weight is 332 g/mol. The van der Waals surface area contributed by atoms with E-state index in [2.05, 4.69) is 5.10 Å². The Morgan fingerprint density at radius 3 is 2.75 bits per heavy atom. The van der Waals surface area contributed by atoms with Gasteiger partial charge < -0.3 is 10.0 Å². The number of carbonyl (C=O) groups excluding carboxylic acids is 1. The second-order valence-corrected chi connectivity index (χ2v) is 6.55. The summed E-state index contributed by atoms with van der Waals surface area (Å²) in [5.41, 5.74) is 0.370. The summed E-state index contributed by atoms with van der Waals surface area (Å²) >= 11 is 0. The van der Waals surface area contributed by atoms with Crippen LogP contribution in [-0.4, -0.2) is 49.8 Å². The molecule has 24 heavy (non-hydrogen) atoms. The molecule has 0 atom stereocenters. The van der Waals surface area contributed by atoms with Crippen molar-refractivity contribution in [3.63, 3.8) is 0 Å². The fourth-order valence-corrected chi connectivity index (χ4v) is 3.41. The number of hydrogen-bond donors (Lipinski definition) is 1. The normalized spacial score (nSPS) is 21.1. The molecule has 2 aromatic heterocycles. The van der Waals surface area contributed by atoms with Gasteiger partial charge in [0.1, 0.15) is 0 Å². The Balaban J connectivity index is 1.58. The molecular formula is C17H24N4O3. The van der Waals surface area contributed by atoms with E-state index in [-0.39, 0.29) is 37.2 Å². The lowest BCUT2D eigenvalue weighted by Gasteiger charge is -2.34. The highest BCUT2D eigenvalue weighted by atomic mass is 16.3. The summed E-state index contributed by atoms with van der Waals surface area (Å²) in [6, 6.07) is 5.61. The predicted octanol–water partition coefficient (Wildman–Crippen LogP) is 0.896. The SMILES string of the molecule is CN(C(=O)CCn1nc2ccccn2c1=O)C1CCC(CO)CC1. The average Bonchev–Trinajstić information content (AvgIpc) is 2.95. The topological polar surface area (TPSA) is 79.8 Å². The molecule has 0 aromatic carbocycles. The zero-order valence-corrected chi connectivity index (χ0v) is 14.0. The van der Waals surface area contributed by atoms with Gasteiger partial charge in [-0.2, -0.15) is 0 Å². The van der Waals surface area contributed by atoms with Crippen LogP contribution >= 0.6 is 0 Å². The highest BCUT2D eigenvalue weighted by Gasteiger charge is 2.26. The Morgan fingerprint density at radius 2 is 2.08 bits per heavy atom. The van der Waals surface area contributed by atoms with Crippen molar-refractivity contribution in [2.75, 3.05) is 13.7 Å². The molecule has 2 aromatic rings. The first-order valence-electron chi connectivity index (χ1n) is 8.51. The van der Waals surface area contributed by atoms with Crippen molar-refractivity contribution in [1.82, 2.24) is 19.1 Å². The van der Waals surface area contributed by atoms with Gasteiger partial charge in [0.2, 0.25) is 5.91 Å². The maximum absolute atomic E-state index is 12.4. The van der Waals surface area contributed by atoms with E-state index >= 15 is 0 Å². The van der Waals surface area contributed by atoms with E-state index in [0.29, 0.717) is 11.6 Å². The summed E-state index contributed by atoms with van der Waals surface area (Å²) in [6.45, 7) is 0.525. The number of fused-ring (bicyclic) bond motifs is 1. The molecule has 0 bridgehead atoms. The molecule has 1 fully saturated rings. The zero-order valence-electron chi connectivity index (χ0n) is 14.0. The van der Waals surface area contributed by atoms with Crippen LogP contribution in [-0.2, 0) is 11.3 Å². The Morgan fingerprint density at radius 1 is 1.33 bits per heavy atom. The number of aromatic nitrogens is 3. The summed E-state index contributed by atoms with van der Waals surface area (Å²) in [5.74, 6) is 0.410. The van der Waals surface area contributed by atoms with E-state index < -0.39 is 0 Å². The first kappa shape index (κ1) is 16.7. The van der Waals surface area contributed by atoms with Crippen LogP contribution in [0.25, 0.3) is 5.65 Å². The second-order valence-electron chi connectivity index (χ2n) is 6.55. The van der Waals surface area contributed by atoms with Crippen LogP contribution in [0.5, 0.6) is 0 Å². The molecule has 1 N–H and O–H groups in total. The van der Waals surface area contributed by atoms with E-state index in [0.717, 1.165) is 25.7 Å². The standard InChI is InChI=1S/C17H24N4O3/c1-19(14-7-5-13(12-22)6-8-14)16(23)9-11-21-17(24)20-10-3-2-4-15(20)18-21/h2-4,10,13-14,22H,5-9,11-12H2,1H3. The molecule has 7 heteroatoms. The number of pyridine rings is 1. The third kappa shape index (κ3) is 3.36. The molecule has 1 amide bonds. The highest BCUT2D eigenvalue weighted by Crippen LogP contribution is 2.26. The summed E-state index contributed by atoms with van der Waals surface area (Å²) in [5, 5.41) is 13.4. The number of aliphatic hydroxyl groups excluding tert-OH is 1. The number of carbonyl (C=O) groups is 1. The quantitative estimate of drug-likeness (QED) is 0.882. The number of rotatable bonds is 5. The van der Waals surface area contributed by atoms with Crippen LogP contribution in [0.4, 0.5) is 0 Å². The third-order valence-electron chi connectivity index (χ3n) is 5.04. The van der Waals surface area contributed by atoms with Crippen LogP contribution in [0.1, 0.15) is 32.1 Å². The van der Waals surface area contributed by atoms with Gasteiger partial charge in [0.05, 0.1) is 6.54 Å². The van der Waals surface area contributed by atoms with Gasteiger partial charge in [-0.25, -0.2) is 9.48 Å².